The summed E-state index contributed by atoms with van der Waals surface area (Å²) in [5.74, 6) is 1.81. The largest absolute Gasteiger partial charge is 0.354 e. The second-order valence-corrected chi connectivity index (χ2v) is 5.61. The maximum Gasteiger partial charge on any atom is 0.123 e. The van der Waals surface area contributed by atoms with Crippen molar-refractivity contribution >= 4 is 5.84 Å². The predicted molar refractivity (Wildman–Crippen MR) is 84.9 cm³/mol. The van der Waals surface area contributed by atoms with E-state index in [1.54, 1.807) is 0 Å². The highest BCUT2D eigenvalue weighted by Crippen LogP contribution is 2.14. The SMILES string of the molecule is CCCN1CCN(C(/C=C(/C)C(C)CC)=NC)CC1. The van der Waals surface area contributed by atoms with Gasteiger partial charge in [0.05, 0.1) is 0 Å². The van der Waals surface area contributed by atoms with Crippen LogP contribution in [-0.4, -0.2) is 55.4 Å². The van der Waals surface area contributed by atoms with Crippen LogP contribution in [-0.2, 0) is 0 Å². The summed E-state index contributed by atoms with van der Waals surface area (Å²) >= 11 is 0. The van der Waals surface area contributed by atoms with Gasteiger partial charge in [0, 0.05) is 33.2 Å². The van der Waals surface area contributed by atoms with E-state index in [4.69, 9.17) is 0 Å². The molecule has 1 saturated heterocycles. The van der Waals surface area contributed by atoms with Crippen LogP contribution in [0.1, 0.15) is 40.5 Å². The van der Waals surface area contributed by atoms with Gasteiger partial charge in [0.2, 0.25) is 0 Å². The first-order chi connectivity index (χ1) is 9.12. The number of piperazine rings is 1. The lowest BCUT2D eigenvalue weighted by atomic mass is 9.99. The highest BCUT2D eigenvalue weighted by Gasteiger charge is 2.18. The second-order valence-electron chi connectivity index (χ2n) is 5.61. The summed E-state index contributed by atoms with van der Waals surface area (Å²) in [4.78, 5) is 9.47. The summed E-state index contributed by atoms with van der Waals surface area (Å²) < 4.78 is 0. The van der Waals surface area contributed by atoms with Gasteiger partial charge in [-0.3, -0.25) is 9.89 Å². The summed E-state index contributed by atoms with van der Waals surface area (Å²) in [6, 6.07) is 0. The highest BCUT2D eigenvalue weighted by atomic mass is 15.3. The highest BCUT2D eigenvalue weighted by molar-refractivity contribution is 5.93. The molecule has 0 spiro atoms. The molecule has 1 rings (SSSR count). The van der Waals surface area contributed by atoms with Gasteiger partial charge in [-0.05, 0) is 38.3 Å². The van der Waals surface area contributed by atoms with E-state index in [1.807, 2.05) is 7.05 Å². The maximum atomic E-state index is 4.49. The Labute approximate surface area is 119 Å². The molecule has 0 saturated carbocycles. The maximum absolute atomic E-state index is 4.49. The predicted octanol–water partition coefficient (Wildman–Crippen LogP) is 3.03. The number of allylic oxidation sites excluding steroid dienone is 1. The van der Waals surface area contributed by atoms with Crippen LogP contribution in [0, 0.1) is 5.92 Å². The van der Waals surface area contributed by atoms with E-state index in [2.05, 4.69) is 48.6 Å². The molecule has 0 aromatic heterocycles. The molecule has 1 atom stereocenters. The Bertz CT molecular complexity index is 312. The van der Waals surface area contributed by atoms with Crippen molar-refractivity contribution in [3.05, 3.63) is 11.6 Å². The van der Waals surface area contributed by atoms with Gasteiger partial charge in [0.15, 0.2) is 0 Å². The first kappa shape index (κ1) is 16.2. The Morgan fingerprint density at radius 3 is 2.32 bits per heavy atom. The molecule has 3 nitrogen and oxygen atoms in total. The average molecular weight is 265 g/mol. The van der Waals surface area contributed by atoms with E-state index < -0.39 is 0 Å². The van der Waals surface area contributed by atoms with Crippen LogP contribution in [0.2, 0.25) is 0 Å². The fourth-order valence-electron chi connectivity index (χ4n) is 2.48. The quantitative estimate of drug-likeness (QED) is 0.562. The Morgan fingerprint density at radius 2 is 1.84 bits per heavy atom. The molecule has 1 aliphatic heterocycles. The molecule has 0 amide bonds. The van der Waals surface area contributed by atoms with Crippen LogP contribution in [0.3, 0.4) is 0 Å². The molecule has 110 valence electrons. The minimum Gasteiger partial charge on any atom is -0.354 e. The molecule has 1 heterocycles. The van der Waals surface area contributed by atoms with Crippen molar-refractivity contribution in [2.45, 2.75) is 40.5 Å². The topological polar surface area (TPSA) is 18.8 Å². The van der Waals surface area contributed by atoms with E-state index in [0.717, 1.165) is 18.9 Å². The standard InChI is InChI=1S/C16H31N3/c1-6-8-18-9-11-19(12-10-18)16(17-5)13-15(4)14(3)7-2/h13-14H,6-12H2,1-5H3/b15-13-,17-16?. The van der Waals surface area contributed by atoms with Gasteiger partial charge in [0.25, 0.3) is 0 Å². The molecule has 0 bridgehead atoms. The van der Waals surface area contributed by atoms with Crippen LogP contribution < -0.4 is 0 Å². The van der Waals surface area contributed by atoms with Gasteiger partial charge >= 0.3 is 0 Å². The molecule has 1 aliphatic rings. The zero-order chi connectivity index (χ0) is 14.3. The van der Waals surface area contributed by atoms with Crippen molar-refractivity contribution in [2.75, 3.05) is 39.8 Å². The molecule has 3 heteroatoms. The summed E-state index contributed by atoms with van der Waals surface area (Å²) in [5.41, 5.74) is 1.44. The first-order valence-corrected chi connectivity index (χ1v) is 7.74. The van der Waals surface area contributed by atoms with E-state index in [1.165, 1.54) is 38.0 Å². The van der Waals surface area contributed by atoms with Crippen molar-refractivity contribution < 1.29 is 0 Å². The van der Waals surface area contributed by atoms with Gasteiger partial charge in [-0.1, -0.05) is 26.3 Å². The van der Waals surface area contributed by atoms with Crippen LogP contribution in [0.4, 0.5) is 0 Å². The lowest BCUT2D eigenvalue weighted by Crippen LogP contribution is -2.48. The molecule has 0 aliphatic carbocycles. The molecule has 0 aromatic rings. The Hall–Kier alpha value is -0.830. The van der Waals surface area contributed by atoms with Gasteiger partial charge in [-0.25, -0.2) is 0 Å². The Morgan fingerprint density at radius 1 is 1.21 bits per heavy atom. The third-order valence-electron chi connectivity index (χ3n) is 4.21. The summed E-state index contributed by atoms with van der Waals surface area (Å²) in [6.07, 6.45) is 4.73. The van der Waals surface area contributed by atoms with Crippen LogP contribution in [0.5, 0.6) is 0 Å². The number of nitrogens with zero attached hydrogens (tertiary/aromatic N) is 3. The van der Waals surface area contributed by atoms with Crippen LogP contribution in [0.15, 0.2) is 16.6 Å². The van der Waals surface area contributed by atoms with Crippen LogP contribution >= 0.6 is 0 Å². The molecule has 1 unspecified atom stereocenters. The van der Waals surface area contributed by atoms with Crippen LogP contribution in [0.25, 0.3) is 0 Å². The fraction of sp³-hybridized carbons (Fsp3) is 0.812. The smallest absolute Gasteiger partial charge is 0.123 e. The lowest BCUT2D eigenvalue weighted by Gasteiger charge is -2.36. The van der Waals surface area contributed by atoms with Crippen molar-refractivity contribution in [1.82, 2.24) is 9.80 Å². The van der Waals surface area contributed by atoms with E-state index >= 15 is 0 Å². The molecule has 19 heavy (non-hydrogen) atoms. The number of aliphatic imine (C=N–C) groups is 1. The van der Waals surface area contributed by atoms with Crippen molar-refractivity contribution in [2.24, 2.45) is 10.9 Å². The molecule has 1 fully saturated rings. The third-order valence-corrected chi connectivity index (χ3v) is 4.21. The number of hydrogen-bond donors (Lipinski definition) is 0. The molecule has 0 radical (unpaired) electrons. The molecule has 0 aromatic carbocycles. The number of amidine groups is 1. The second kappa shape index (κ2) is 8.36. The average Bonchev–Trinajstić information content (AvgIpc) is 2.45. The van der Waals surface area contributed by atoms with Gasteiger partial charge in [0.1, 0.15) is 5.84 Å². The minimum absolute atomic E-state index is 0.651. The van der Waals surface area contributed by atoms with Gasteiger partial charge < -0.3 is 4.90 Å². The fourth-order valence-corrected chi connectivity index (χ4v) is 2.48. The number of rotatable bonds is 5. The van der Waals surface area contributed by atoms with Crippen molar-refractivity contribution in [3.8, 4) is 0 Å². The van der Waals surface area contributed by atoms with E-state index in [0.29, 0.717) is 5.92 Å². The minimum atomic E-state index is 0.651. The Balaban J connectivity index is 2.59. The molecular weight excluding hydrogens is 234 g/mol. The van der Waals surface area contributed by atoms with Gasteiger partial charge in [-0.2, -0.15) is 0 Å². The molecular formula is C16H31N3. The third kappa shape index (κ3) is 4.98. The summed E-state index contributed by atoms with van der Waals surface area (Å²) in [5, 5.41) is 0. The zero-order valence-electron chi connectivity index (χ0n) is 13.4. The zero-order valence-corrected chi connectivity index (χ0v) is 13.4. The normalized spacial score (nSPS) is 20.8. The summed E-state index contributed by atoms with van der Waals surface area (Å²) in [6.45, 7) is 14.8. The molecule has 0 N–H and O–H groups in total. The summed E-state index contributed by atoms with van der Waals surface area (Å²) in [7, 11) is 1.91. The van der Waals surface area contributed by atoms with Crippen molar-refractivity contribution in [1.29, 1.82) is 0 Å². The monoisotopic (exact) mass is 265 g/mol. The van der Waals surface area contributed by atoms with Gasteiger partial charge in [-0.15, -0.1) is 0 Å². The Kier molecular flexibility index (Phi) is 7.14. The van der Waals surface area contributed by atoms with Crippen molar-refractivity contribution in [3.63, 3.8) is 0 Å². The van der Waals surface area contributed by atoms with E-state index in [9.17, 15) is 0 Å². The van der Waals surface area contributed by atoms with E-state index in [-0.39, 0.29) is 0 Å². The first-order valence-electron chi connectivity index (χ1n) is 7.74. The lowest BCUT2D eigenvalue weighted by molar-refractivity contribution is 0.183. The number of hydrogen-bond acceptors (Lipinski definition) is 2.